The van der Waals surface area contributed by atoms with Crippen LogP contribution in [0.1, 0.15) is 17.8 Å². The van der Waals surface area contributed by atoms with E-state index < -0.39 is 5.97 Å². The molecule has 0 saturated carbocycles. The molecule has 0 aromatic carbocycles. The Kier molecular flexibility index (Phi) is 2.84. The summed E-state index contributed by atoms with van der Waals surface area (Å²) in [5.74, 6) is -0.831. The average molecular weight is 180 g/mol. The summed E-state index contributed by atoms with van der Waals surface area (Å²) < 4.78 is 0. The standard InChI is InChI=1S/C9H12N2O2/c1-6-2-3-7(10)8(11-6)4-5-9(12)13/h2-3H,4-5,10H2,1H3,(H,12,13). The van der Waals surface area contributed by atoms with Crippen molar-refractivity contribution in [2.24, 2.45) is 0 Å². The molecule has 1 aromatic heterocycles. The molecule has 3 N–H and O–H groups in total. The van der Waals surface area contributed by atoms with Crippen LogP contribution in [0.15, 0.2) is 12.1 Å². The zero-order valence-electron chi connectivity index (χ0n) is 7.45. The van der Waals surface area contributed by atoms with Crippen LogP contribution in [0.25, 0.3) is 0 Å². The Morgan fingerprint density at radius 1 is 1.62 bits per heavy atom. The third-order valence-corrected chi connectivity index (χ3v) is 1.72. The van der Waals surface area contributed by atoms with Gasteiger partial charge in [0, 0.05) is 12.1 Å². The van der Waals surface area contributed by atoms with Gasteiger partial charge in [0.25, 0.3) is 0 Å². The van der Waals surface area contributed by atoms with E-state index in [4.69, 9.17) is 10.8 Å². The van der Waals surface area contributed by atoms with Gasteiger partial charge in [-0.25, -0.2) is 0 Å². The molecule has 0 aliphatic heterocycles. The third kappa shape index (κ3) is 2.74. The summed E-state index contributed by atoms with van der Waals surface area (Å²) in [7, 11) is 0. The van der Waals surface area contributed by atoms with Gasteiger partial charge in [0.05, 0.1) is 17.8 Å². The number of aromatic nitrogens is 1. The van der Waals surface area contributed by atoms with Crippen molar-refractivity contribution in [1.82, 2.24) is 4.98 Å². The van der Waals surface area contributed by atoms with E-state index in [2.05, 4.69) is 4.98 Å². The molecule has 1 rings (SSSR count). The highest BCUT2D eigenvalue weighted by molar-refractivity contribution is 5.67. The Balaban J connectivity index is 2.75. The highest BCUT2D eigenvalue weighted by Gasteiger charge is 2.04. The van der Waals surface area contributed by atoms with Crippen LogP contribution in [0.5, 0.6) is 0 Å². The van der Waals surface area contributed by atoms with Crippen molar-refractivity contribution >= 4 is 11.7 Å². The maximum absolute atomic E-state index is 10.3. The molecule has 0 fully saturated rings. The zero-order chi connectivity index (χ0) is 9.84. The number of hydrogen-bond donors (Lipinski definition) is 2. The normalized spacial score (nSPS) is 9.92. The van der Waals surface area contributed by atoms with Gasteiger partial charge in [-0.3, -0.25) is 9.78 Å². The second kappa shape index (κ2) is 3.89. The number of aryl methyl sites for hydroxylation is 2. The number of aliphatic carboxylic acids is 1. The van der Waals surface area contributed by atoms with Crippen LogP contribution >= 0.6 is 0 Å². The first-order valence-corrected chi connectivity index (χ1v) is 4.03. The zero-order valence-corrected chi connectivity index (χ0v) is 7.45. The fourth-order valence-corrected chi connectivity index (χ4v) is 1.05. The lowest BCUT2D eigenvalue weighted by atomic mass is 10.2. The predicted octanol–water partition coefficient (Wildman–Crippen LogP) is 0.989. The number of nitrogen functional groups attached to an aromatic ring is 1. The lowest BCUT2D eigenvalue weighted by Crippen LogP contribution is -2.03. The van der Waals surface area contributed by atoms with Crippen molar-refractivity contribution < 1.29 is 9.90 Å². The molecule has 0 saturated heterocycles. The first kappa shape index (κ1) is 9.51. The lowest BCUT2D eigenvalue weighted by molar-refractivity contribution is -0.136. The van der Waals surface area contributed by atoms with Gasteiger partial charge in [0.15, 0.2) is 0 Å². The Labute approximate surface area is 76.4 Å². The molecule has 70 valence electrons. The quantitative estimate of drug-likeness (QED) is 0.727. The van der Waals surface area contributed by atoms with Gasteiger partial charge in [0.2, 0.25) is 0 Å². The maximum Gasteiger partial charge on any atom is 0.303 e. The fraction of sp³-hybridized carbons (Fsp3) is 0.333. The topological polar surface area (TPSA) is 76.2 Å². The number of hydrogen-bond acceptors (Lipinski definition) is 3. The average Bonchev–Trinajstić information content (AvgIpc) is 2.06. The summed E-state index contributed by atoms with van der Waals surface area (Å²) in [5, 5.41) is 8.47. The van der Waals surface area contributed by atoms with E-state index in [1.54, 1.807) is 12.1 Å². The Bertz CT molecular complexity index is 323. The second-order valence-electron chi connectivity index (χ2n) is 2.88. The number of nitrogens with two attached hydrogens (primary N) is 1. The van der Waals surface area contributed by atoms with Crippen LogP contribution < -0.4 is 5.73 Å². The van der Waals surface area contributed by atoms with Gasteiger partial charge in [-0.2, -0.15) is 0 Å². The summed E-state index contributed by atoms with van der Waals surface area (Å²) in [6, 6.07) is 3.55. The number of nitrogens with zero attached hydrogens (tertiary/aromatic N) is 1. The molecular formula is C9H12N2O2. The number of carboxylic acid groups (broad SMARTS) is 1. The van der Waals surface area contributed by atoms with Crippen molar-refractivity contribution in [3.05, 3.63) is 23.5 Å². The molecule has 0 spiro atoms. The second-order valence-corrected chi connectivity index (χ2v) is 2.88. The first-order valence-electron chi connectivity index (χ1n) is 4.03. The molecule has 0 atom stereocenters. The summed E-state index contributed by atoms with van der Waals surface area (Å²) >= 11 is 0. The molecule has 1 heterocycles. The van der Waals surface area contributed by atoms with Gasteiger partial charge >= 0.3 is 5.97 Å². The van der Waals surface area contributed by atoms with E-state index in [1.807, 2.05) is 6.92 Å². The molecule has 1 aromatic rings. The third-order valence-electron chi connectivity index (χ3n) is 1.72. The minimum Gasteiger partial charge on any atom is -0.481 e. The molecule has 4 heteroatoms. The molecule has 0 aliphatic rings. The van der Waals surface area contributed by atoms with Crippen molar-refractivity contribution in [1.29, 1.82) is 0 Å². The Hall–Kier alpha value is -1.58. The lowest BCUT2D eigenvalue weighted by Gasteiger charge is -2.03. The molecule has 0 unspecified atom stereocenters. The van der Waals surface area contributed by atoms with E-state index >= 15 is 0 Å². The van der Waals surface area contributed by atoms with E-state index in [1.165, 1.54) is 0 Å². The predicted molar refractivity (Wildman–Crippen MR) is 49.3 cm³/mol. The van der Waals surface area contributed by atoms with Crippen LogP contribution in [0.3, 0.4) is 0 Å². The number of anilines is 1. The SMILES string of the molecule is Cc1ccc(N)c(CCC(=O)O)n1. The van der Waals surface area contributed by atoms with Crippen molar-refractivity contribution in [2.75, 3.05) is 5.73 Å². The summed E-state index contributed by atoms with van der Waals surface area (Å²) in [6.07, 6.45) is 0.462. The Morgan fingerprint density at radius 3 is 2.92 bits per heavy atom. The number of rotatable bonds is 3. The van der Waals surface area contributed by atoms with Crippen molar-refractivity contribution in [2.45, 2.75) is 19.8 Å². The molecule has 0 bridgehead atoms. The first-order chi connectivity index (χ1) is 6.09. The largest absolute Gasteiger partial charge is 0.481 e. The van der Waals surface area contributed by atoms with Crippen molar-refractivity contribution in [3.63, 3.8) is 0 Å². The molecule has 0 radical (unpaired) electrons. The number of pyridine rings is 1. The maximum atomic E-state index is 10.3. The summed E-state index contributed by atoms with van der Waals surface area (Å²) in [6.45, 7) is 1.85. The minimum absolute atomic E-state index is 0.0701. The van der Waals surface area contributed by atoms with Crippen LogP contribution in [-0.4, -0.2) is 16.1 Å². The van der Waals surface area contributed by atoms with Gasteiger partial charge < -0.3 is 10.8 Å². The number of carboxylic acids is 1. The molecule has 0 amide bonds. The van der Waals surface area contributed by atoms with Crippen LogP contribution in [0, 0.1) is 6.92 Å². The number of carbonyl (C=O) groups is 1. The molecule has 13 heavy (non-hydrogen) atoms. The Morgan fingerprint density at radius 2 is 2.31 bits per heavy atom. The summed E-state index contributed by atoms with van der Waals surface area (Å²) in [4.78, 5) is 14.5. The summed E-state index contributed by atoms with van der Waals surface area (Å²) in [5.41, 5.74) is 7.71. The monoisotopic (exact) mass is 180 g/mol. The van der Waals surface area contributed by atoms with Crippen molar-refractivity contribution in [3.8, 4) is 0 Å². The van der Waals surface area contributed by atoms with E-state index in [0.717, 1.165) is 5.69 Å². The highest BCUT2D eigenvalue weighted by atomic mass is 16.4. The minimum atomic E-state index is -0.831. The van der Waals surface area contributed by atoms with Crippen LogP contribution in [-0.2, 0) is 11.2 Å². The van der Waals surface area contributed by atoms with E-state index in [9.17, 15) is 4.79 Å². The van der Waals surface area contributed by atoms with Gasteiger partial charge in [-0.15, -0.1) is 0 Å². The highest BCUT2D eigenvalue weighted by Crippen LogP contribution is 2.11. The van der Waals surface area contributed by atoms with E-state index in [0.29, 0.717) is 17.8 Å². The molecule has 4 nitrogen and oxygen atoms in total. The molecule has 0 aliphatic carbocycles. The smallest absolute Gasteiger partial charge is 0.303 e. The van der Waals surface area contributed by atoms with Gasteiger partial charge in [-0.1, -0.05) is 0 Å². The van der Waals surface area contributed by atoms with Crippen LogP contribution in [0.2, 0.25) is 0 Å². The van der Waals surface area contributed by atoms with Crippen LogP contribution in [0.4, 0.5) is 5.69 Å². The van der Waals surface area contributed by atoms with Gasteiger partial charge in [0.1, 0.15) is 0 Å². The van der Waals surface area contributed by atoms with E-state index in [-0.39, 0.29) is 6.42 Å². The van der Waals surface area contributed by atoms with Gasteiger partial charge in [-0.05, 0) is 19.1 Å². The fourth-order valence-electron chi connectivity index (χ4n) is 1.05. The molecular weight excluding hydrogens is 168 g/mol.